The molecule has 0 saturated carbocycles. The van der Waals surface area contributed by atoms with Gasteiger partial charge in [-0.25, -0.2) is 4.98 Å². The van der Waals surface area contributed by atoms with Gasteiger partial charge in [-0.15, -0.1) is 11.3 Å². The van der Waals surface area contributed by atoms with E-state index < -0.39 is 0 Å². The van der Waals surface area contributed by atoms with E-state index in [1.165, 1.54) is 6.20 Å². The van der Waals surface area contributed by atoms with Gasteiger partial charge in [0.1, 0.15) is 17.4 Å². The van der Waals surface area contributed by atoms with E-state index in [0.29, 0.717) is 32.0 Å². The number of hydrogen-bond acceptors (Lipinski definition) is 8. The van der Waals surface area contributed by atoms with Crippen LogP contribution in [0.15, 0.2) is 23.6 Å². The van der Waals surface area contributed by atoms with Crippen LogP contribution in [0.25, 0.3) is 10.3 Å². The Kier molecular flexibility index (Phi) is 4.10. The number of fused-ring (bicyclic) bond motifs is 3. The Bertz CT molecular complexity index is 1140. The maximum Gasteiger partial charge on any atom is 0.158 e. The van der Waals surface area contributed by atoms with Crippen molar-refractivity contribution in [2.24, 2.45) is 12.1 Å². The summed E-state index contributed by atoms with van der Waals surface area (Å²) in [7, 11) is 2.00. The second kappa shape index (κ2) is 6.77. The number of nitrogens with one attached hydrogen (secondary N) is 2. The van der Waals surface area contributed by atoms with Crippen LogP contribution in [0.1, 0.15) is 27.7 Å². The van der Waals surface area contributed by atoms with Gasteiger partial charge >= 0.3 is 0 Å². The van der Waals surface area contributed by atoms with E-state index in [9.17, 15) is 5.11 Å². The van der Waals surface area contributed by atoms with Crippen molar-refractivity contribution < 1.29 is 9.84 Å². The van der Waals surface area contributed by atoms with Crippen LogP contribution in [0.3, 0.4) is 0 Å². The van der Waals surface area contributed by atoms with Gasteiger partial charge in [0.25, 0.3) is 0 Å². The molecule has 10 nitrogen and oxygen atoms in total. The molecule has 4 aromatic rings. The van der Waals surface area contributed by atoms with Gasteiger partial charge in [-0.2, -0.15) is 15.3 Å². The summed E-state index contributed by atoms with van der Waals surface area (Å²) in [6.07, 6.45) is 5.80. The first-order valence-electron chi connectivity index (χ1n) is 8.73. The third-order valence-electron chi connectivity index (χ3n) is 4.68. The molecule has 0 radical (unpaired) electrons. The normalized spacial score (nSPS) is 15.5. The first-order chi connectivity index (χ1) is 13.7. The Morgan fingerprint density at radius 2 is 2.25 bits per heavy atom. The molecule has 3 N–H and O–H groups in total. The molecular formula is C17H18N8O2S. The number of aromatic nitrogens is 6. The Morgan fingerprint density at radius 1 is 1.32 bits per heavy atom. The van der Waals surface area contributed by atoms with E-state index in [0.717, 1.165) is 32.3 Å². The van der Waals surface area contributed by atoms with Gasteiger partial charge in [-0.05, 0) is 6.07 Å². The van der Waals surface area contributed by atoms with Crippen molar-refractivity contribution in [3.05, 3.63) is 46.1 Å². The highest BCUT2D eigenvalue weighted by molar-refractivity contribution is 7.19. The first kappa shape index (κ1) is 17.0. The molecule has 0 spiro atoms. The number of hydrogen-bond donors (Lipinski definition) is 3. The number of H-pyrrole nitrogens is 2. The number of ether oxygens (including phenoxy) is 1. The summed E-state index contributed by atoms with van der Waals surface area (Å²) in [6.45, 7) is 1.11. The average Bonchev–Trinajstić information content (AvgIpc) is 3.42. The largest absolute Gasteiger partial charge is 0.504 e. The van der Waals surface area contributed by atoms with Crippen molar-refractivity contribution in [1.29, 1.82) is 0 Å². The zero-order chi connectivity index (χ0) is 19.1. The summed E-state index contributed by atoms with van der Waals surface area (Å²) in [5, 5.41) is 30.8. The van der Waals surface area contributed by atoms with Gasteiger partial charge in [0.05, 0.1) is 41.7 Å². The van der Waals surface area contributed by atoms with Gasteiger partial charge in [0.15, 0.2) is 11.4 Å². The minimum absolute atomic E-state index is 0.116. The highest BCUT2D eigenvalue weighted by Crippen LogP contribution is 2.31. The quantitative estimate of drug-likeness (QED) is 0.481. The van der Waals surface area contributed by atoms with Crippen LogP contribution in [0.2, 0.25) is 0 Å². The lowest BCUT2D eigenvalue weighted by atomic mass is 10.2. The molecule has 5 rings (SSSR count). The van der Waals surface area contributed by atoms with Gasteiger partial charge in [-0.1, -0.05) is 0 Å². The Hall–Kier alpha value is -3.18. The highest BCUT2D eigenvalue weighted by atomic mass is 32.1. The predicted molar refractivity (Wildman–Crippen MR) is 103 cm³/mol. The molecule has 4 aromatic heterocycles. The van der Waals surface area contributed by atoms with E-state index in [1.54, 1.807) is 16.3 Å². The number of aromatic amines is 2. The van der Waals surface area contributed by atoms with Crippen LogP contribution in [-0.2, 0) is 31.4 Å². The summed E-state index contributed by atoms with van der Waals surface area (Å²) in [5.41, 5.74) is 4.47. The summed E-state index contributed by atoms with van der Waals surface area (Å²) >= 11 is 1.65. The maximum absolute atomic E-state index is 9.79. The molecule has 0 atom stereocenters. The number of nitrogens with zero attached hydrogens (tertiary/aromatic N) is 6. The van der Waals surface area contributed by atoms with E-state index >= 15 is 0 Å². The molecule has 0 fully saturated rings. The van der Waals surface area contributed by atoms with Crippen LogP contribution in [-0.4, -0.2) is 53.0 Å². The lowest BCUT2D eigenvalue weighted by Gasteiger charge is -2.20. The lowest BCUT2D eigenvalue weighted by Crippen LogP contribution is -2.23. The molecule has 0 aromatic carbocycles. The third-order valence-corrected chi connectivity index (χ3v) is 5.76. The molecule has 0 aliphatic carbocycles. The molecule has 0 saturated heterocycles. The second-order valence-corrected chi connectivity index (χ2v) is 7.61. The molecule has 1 aliphatic rings. The molecular weight excluding hydrogens is 380 g/mol. The standard InChI is InChI=1S/C17H18N8O2S/c1-24-13-8-27-9-25(7-12-14(26)6-19-23-12)20-5-11(13)16-17(24)21-15(28-16)4-10-2-3-18-22-10/h2-3,5-6,26H,4,7-9H2,1H3,(H,18,22)(H,19,23)/b20-5-. The molecule has 1 aliphatic heterocycles. The summed E-state index contributed by atoms with van der Waals surface area (Å²) < 4.78 is 8.98. The van der Waals surface area contributed by atoms with Crippen LogP contribution in [0, 0.1) is 0 Å². The monoisotopic (exact) mass is 398 g/mol. The SMILES string of the molecule is Cn1c2c(c3sc(Cc4cc[nH]n4)nc31)/C=N\N(Cc1n[nH]cc1O)COC2. The van der Waals surface area contributed by atoms with E-state index in [-0.39, 0.29) is 5.75 Å². The fourth-order valence-electron chi connectivity index (χ4n) is 3.23. The number of hydrazone groups is 1. The zero-order valence-electron chi connectivity index (χ0n) is 15.1. The second-order valence-electron chi connectivity index (χ2n) is 6.53. The van der Waals surface area contributed by atoms with Gasteiger partial charge in [0.2, 0.25) is 0 Å². The van der Waals surface area contributed by atoms with Crippen molar-refractivity contribution in [3.63, 3.8) is 0 Å². The van der Waals surface area contributed by atoms with Crippen molar-refractivity contribution in [3.8, 4) is 5.75 Å². The van der Waals surface area contributed by atoms with Gasteiger partial charge in [0, 0.05) is 25.2 Å². The fourth-order valence-corrected chi connectivity index (χ4v) is 4.38. The van der Waals surface area contributed by atoms with Crippen molar-refractivity contribution in [2.45, 2.75) is 19.6 Å². The third kappa shape index (κ3) is 2.94. The van der Waals surface area contributed by atoms with E-state index in [4.69, 9.17) is 9.72 Å². The predicted octanol–water partition coefficient (Wildman–Crippen LogP) is 1.70. The van der Waals surface area contributed by atoms with Crippen molar-refractivity contribution in [2.75, 3.05) is 6.73 Å². The Labute approximate surface area is 163 Å². The van der Waals surface area contributed by atoms with Crippen LogP contribution >= 0.6 is 11.3 Å². The molecule has 5 heterocycles. The lowest BCUT2D eigenvalue weighted by molar-refractivity contribution is 0.0115. The Balaban J connectivity index is 1.47. The zero-order valence-corrected chi connectivity index (χ0v) is 15.9. The number of aryl methyl sites for hydroxylation is 1. The number of aromatic hydroxyl groups is 1. The maximum atomic E-state index is 9.79. The summed E-state index contributed by atoms with van der Waals surface area (Å²) in [5.74, 6) is 0.116. The molecule has 28 heavy (non-hydrogen) atoms. The van der Waals surface area contributed by atoms with Crippen LogP contribution in [0.5, 0.6) is 5.75 Å². The van der Waals surface area contributed by atoms with E-state index in [2.05, 4.69) is 30.1 Å². The first-order valence-corrected chi connectivity index (χ1v) is 9.54. The smallest absolute Gasteiger partial charge is 0.158 e. The van der Waals surface area contributed by atoms with E-state index in [1.807, 2.05) is 25.5 Å². The van der Waals surface area contributed by atoms with Gasteiger partial charge in [-0.3, -0.25) is 15.2 Å². The molecule has 11 heteroatoms. The average molecular weight is 398 g/mol. The van der Waals surface area contributed by atoms with Crippen molar-refractivity contribution >= 4 is 27.9 Å². The minimum Gasteiger partial charge on any atom is -0.504 e. The summed E-state index contributed by atoms with van der Waals surface area (Å²) in [6, 6.07) is 1.95. The van der Waals surface area contributed by atoms with Crippen molar-refractivity contribution in [1.82, 2.24) is 35.0 Å². The molecule has 0 bridgehead atoms. The Morgan fingerprint density at radius 3 is 3.04 bits per heavy atom. The highest BCUT2D eigenvalue weighted by Gasteiger charge is 2.21. The summed E-state index contributed by atoms with van der Waals surface area (Å²) in [4.78, 5) is 4.79. The minimum atomic E-state index is 0.116. The molecule has 0 amide bonds. The number of rotatable bonds is 4. The van der Waals surface area contributed by atoms with Crippen LogP contribution < -0.4 is 0 Å². The van der Waals surface area contributed by atoms with Gasteiger partial charge < -0.3 is 14.4 Å². The number of thiazole rings is 1. The molecule has 0 unspecified atom stereocenters. The topological polar surface area (TPSA) is 120 Å². The molecule has 144 valence electrons. The fraction of sp³-hybridized carbons (Fsp3) is 0.294. The van der Waals surface area contributed by atoms with Crippen LogP contribution in [0.4, 0.5) is 0 Å².